The van der Waals surface area contributed by atoms with E-state index >= 15 is 0 Å². The molecular weight excluding hydrogens is 224 g/mol. The first-order valence-electron chi connectivity index (χ1n) is 6.12. The van der Waals surface area contributed by atoms with Crippen molar-refractivity contribution in [2.24, 2.45) is 0 Å². The van der Waals surface area contributed by atoms with Crippen molar-refractivity contribution >= 4 is 5.78 Å². The lowest BCUT2D eigenvalue weighted by Crippen LogP contribution is -2.08. The molecule has 1 aromatic carbocycles. The standard InChI is InChI=1S/C16H16O2/c1-11-10-15(17)9-8-13(11)6-7-14-4-3-5-16(18)12(14)2/h8-10,17H,3-5H2,1-2H3. The maximum atomic E-state index is 11.6. The lowest BCUT2D eigenvalue weighted by molar-refractivity contribution is -0.116. The van der Waals surface area contributed by atoms with Gasteiger partial charge in [0.2, 0.25) is 0 Å². The van der Waals surface area contributed by atoms with Gasteiger partial charge in [0.1, 0.15) is 5.75 Å². The van der Waals surface area contributed by atoms with Gasteiger partial charge in [0.05, 0.1) is 0 Å². The zero-order valence-corrected chi connectivity index (χ0v) is 10.7. The fourth-order valence-electron chi connectivity index (χ4n) is 2.06. The fraction of sp³-hybridized carbons (Fsp3) is 0.312. The molecule has 0 aromatic heterocycles. The van der Waals surface area contributed by atoms with E-state index in [4.69, 9.17) is 0 Å². The van der Waals surface area contributed by atoms with E-state index in [1.165, 1.54) is 0 Å². The monoisotopic (exact) mass is 240 g/mol. The molecule has 0 saturated carbocycles. The number of carbonyl (C=O) groups is 1. The first kappa shape index (κ1) is 12.4. The molecule has 0 bridgehead atoms. The van der Waals surface area contributed by atoms with Crippen molar-refractivity contribution < 1.29 is 9.90 Å². The first-order valence-corrected chi connectivity index (χ1v) is 6.12. The number of hydrogen-bond acceptors (Lipinski definition) is 2. The predicted molar refractivity (Wildman–Crippen MR) is 71.3 cm³/mol. The minimum atomic E-state index is 0.216. The molecule has 0 aliphatic heterocycles. The molecule has 2 heteroatoms. The Morgan fingerprint density at radius 3 is 2.67 bits per heavy atom. The Balaban J connectivity index is 2.32. The zero-order chi connectivity index (χ0) is 13.1. The number of phenolic OH excluding ortho intramolecular Hbond substituents is 1. The molecular formula is C16H16O2. The number of ketones is 1. The Hall–Kier alpha value is -2.01. The van der Waals surface area contributed by atoms with Gasteiger partial charge in [0.15, 0.2) is 5.78 Å². The molecule has 0 heterocycles. The van der Waals surface area contributed by atoms with Crippen molar-refractivity contribution in [2.75, 3.05) is 0 Å². The van der Waals surface area contributed by atoms with Gasteiger partial charge in [0, 0.05) is 23.1 Å². The zero-order valence-electron chi connectivity index (χ0n) is 10.7. The molecule has 1 aliphatic carbocycles. The van der Waals surface area contributed by atoms with E-state index in [0.29, 0.717) is 6.42 Å². The highest BCUT2D eigenvalue weighted by molar-refractivity contribution is 5.97. The second kappa shape index (κ2) is 5.10. The summed E-state index contributed by atoms with van der Waals surface area (Å²) in [6.07, 6.45) is 2.44. The Kier molecular flexibility index (Phi) is 3.53. The Bertz CT molecular complexity index is 583. The van der Waals surface area contributed by atoms with Crippen molar-refractivity contribution in [3.05, 3.63) is 40.5 Å². The molecule has 2 nitrogen and oxygen atoms in total. The number of aromatic hydroxyl groups is 1. The molecule has 2 rings (SSSR count). The van der Waals surface area contributed by atoms with Gasteiger partial charge in [-0.2, -0.15) is 0 Å². The minimum absolute atomic E-state index is 0.216. The molecule has 0 atom stereocenters. The number of benzene rings is 1. The van der Waals surface area contributed by atoms with E-state index in [1.807, 2.05) is 13.8 Å². The van der Waals surface area contributed by atoms with Crippen LogP contribution in [0, 0.1) is 18.8 Å². The van der Waals surface area contributed by atoms with Crippen molar-refractivity contribution in [3.63, 3.8) is 0 Å². The lowest BCUT2D eigenvalue weighted by atomic mass is 9.92. The third kappa shape index (κ3) is 2.62. The number of Topliss-reactive ketones (excluding diaryl/α,β-unsaturated/α-hetero) is 1. The normalized spacial score (nSPS) is 15.3. The van der Waals surface area contributed by atoms with Crippen molar-refractivity contribution in [2.45, 2.75) is 33.1 Å². The fourth-order valence-corrected chi connectivity index (χ4v) is 2.06. The molecule has 0 unspecified atom stereocenters. The summed E-state index contributed by atoms with van der Waals surface area (Å²) in [6.45, 7) is 3.77. The van der Waals surface area contributed by atoms with Gasteiger partial charge in [-0.3, -0.25) is 4.79 Å². The Labute approximate surface area is 107 Å². The van der Waals surface area contributed by atoms with E-state index in [1.54, 1.807) is 18.2 Å². The van der Waals surface area contributed by atoms with E-state index in [2.05, 4.69) is 11.8 Å². The largest absolute Gasteiger partial charge is 0.508 e. The highest BCUT2D eigenvalue weighted by atomic mass is 16.3. The van der Waals surface area contributed by atoms with Crippen LogP contribution in [0.5, 0.6) is 5.75 Å². The molecule has 0 spiro atoms. The Morgan fingerprint density at radius 2 is 1.94 bits per heavy atom. The van der Waals surface area contributed by atoms with Crippen LogP contribution in [0.2, 0.25) is 0 Å². The topological polar surface area (TPSA) is 37.3 Å². The maximum Gasteiger partial charge on any atom is 0.159 e. The predicted octanol–water partition coefficient (Wildman–Crippen LogP) is 3.12. The molecule has 1 aromatic rings. The van der Waals surface area contributed by atoms with Crippen LogP contribution in [0.1, 0.15) is 37.3 Å². The third-order valence-corrected chi connectivity index (χ3v) is 3.26. The van der Waals surface area contributed by atoms with Crippen LogP contribution in [-0.2, 0) is 4.79 Å². The average molecular weight is 240 g/mol. The molecule has 1 aliphatic rings. The number of aryl methyl sites for hydroxylation is 1. The van der Waals surface area contributed by atoms with Gasteiger partial charge >= 0.3 is 0 Å². The van der Waals surface area contributed by atoms with E-state index in [0.717, 1.165) is 35.1 Å². The highest BCUT2D eigenvalue weighted by Gasteiger charge is 2.14. The van der Waals surface area contributed by atoms with Crippen LogP contribution in [0.4, 0.5) is 0 Å². The summed E-state index contributed by atoms with van der Waals surface area (Å²) < 4.78 is 0. The van der Waals surface area contributed by atoms with E-state index < -0.39 is 0 Å². The van der Waals surface area contributed by atoms with Crippen LogP contribution < -0.4 is 0 Å². The second-order valence-corrected chi connectivity index (χ2v) is 4.63. The molecule has 0 saturated heterocycles. The molecule has 0 fully saturated rings. The van der Waals surface area contributed by atoms with Gasteiger partial charge in [-0.15, -0.1) is 0 Å². The summed E-state index contributed by atoms with van der Waals surface area (Å²) in [5.74, 6) is 6.66. The van der Waals surface area contributed by atoms with Gasteiger partial charge in [-0.25, -0.2) is 0 Å². The smallest absolute Gasteiger partial charge is 0.159 e. The molecule has 0 amide bonds. The molecule has 18 heavy (non-hydrogen) atoms. The number of carbonyl (C=O) groups excluding carboxylic acids is 1. The summed E-state index contributed by atoms with van der Waals surface area (Å²) in [5, 5.41) is 9.33. The summed E-state index contributed by atoms with van der Waals surface area (Å²) in [4.78, 5) is 11.6. The van der Waals surface area contributed by atoms with Gasteiger partial charge in [-0.05, 0) is 50.5 Å². The van der Waals surface area contributed by atoms with Crippen LogP contribution in [-0.4, -0.2) is 10.9 Å². The Morgan fingerprint density at radius 1 is 1.17 bits per heavy atom. The van der Waals surface area contributed by atoms with Crippen molar-refractivity contribution in [3.8, 4) is 17.6 Å². The van der Waals surface area contributed by atoms with Gasteiger partial charge < -0.3 is 5.11 Å². The quantitative estimate of drug-likeness (QED) is 0.707. The molecule has 1 N–H and O–H groups in total. The first-order chi connectivity index (χ1) is 8.58. The van der Waals surface area contributed by atoms with Crippen molar-refractivity contribution in [1.29, 1.82) is 0 Å². The van der Waals surface area contributed by atoms with E-state index in [9.17, 15) is 9.90 Å². The SMILES string of the molecule is CC1=C(C#Cc2ccc(O)cc2C)CCCC1=O. The molecule has 0 radical (unpaired) electrons. The van der Waals surface area contributed by atoms with Gasteiger partial charge in [0.25, 0.3) is 0 Å². The second-order valence-electron chi connectivity index (χ2n) is 4.63. The minimum Gasteiger partial charge on any atom is -0.508 e. The number of hydrogen-bond donors (Lipinski definition) is 1. The van der Waals surface area contributed by atoms with Crippen LogP contribution >= 0.6 is 0 Å². The van der Waals surface area contributed by atoms with Gasteiger partial charge in [-0.1, -0.05) is 11.8 Å². The summed E-state index contributed by atoms with van der Waals surface area (Å²) in [6, 6.07) is 5.12. The lowest BCUT2D eigenvalue weighted by Gasteiger charge is -2.11. The highest BCUT2D eigenvalue weighted by Crippen LogP contribution is 2.21. The number of rotatable bonds is 0. The van der Waals surface area contributed by atoms with Crippen LogP contribution in [0.25, 0.3) is 0 Å². The summed E-state index contributed by atoms with van der Waals surface area (Å²) in [7, 11) is 0. The van der Waals surface area contributed by atoms with Crippen LogP contribution in [0.15, 0.2) is 29.3 Å². The maximum absolute atomic E-state index is 11.6. The average Bonchev–Trinajstić information content (AvgIpc) is 2.33. The third-order valence-electron chi connectivity index (χ3n) is 3.26. The van der Waals surface area contributed by atoms with E-state index in [-0.39, 0.29) is 11.5 Å². The summed E-state index contributed by atoms with van der Waals surface area (Å²) in [5.41, 5.74) is 3.61. The summed E-state index contributed by atoms with van der Waals surface area (Å²) >= 11 is 0. The van der Waals surface area contributed by atoms with Crippen LogP contribution in [0.3, 0.4) is 0 Å². The number of phenols is 1. The molecule has 92 valence electrons. The number of allylic oxidation sites excluding steroid dienone is 2. The van der Waals surface area contributed by atoms with Crippen molar-refractivity contribution in [1.82, 2.24) is 0 Å².